The van der Waals surface area contributed by atoms with E-state index in [0.29, 0.717) is 18.0 Å². The first-order chi connectivity index (χ1) is 8.60. The van der Waals surface area contributed by atoms with Gasteiger partial charge in [-0.15, -0.1) is 0 Å². The highest BCUT2D eigenvalue weighted by Crippen LogP contribution is 2.29. The molecule has 1 aromatic carbocycles. The standard InChI is InChI=1S/C13H14N2O2S/c1-10-8-14-9-11-4-2-5-12(13(10)11)18(16,17)15-6-3-7-15/h2,4-5,8-9H,3,6-7H2,1H3. The number of benzene rings is 1. The average Bonchev–Trinajstić information content (AvgIpc) is 2.25. The van der Waals surface area contributed by atoms with Crippen LogP contribution in [0.5, 0.6) is 0 Å². The summed E-state index contributed by atoms with van der Waals surface area (Å²) in [5.41, 5.74) is 0.896. The molecule has 0 bridgehead atoms. The van der Waals surface area contributed by atoms with E-state index < -0.39 is 10.0 Å². The van der Waals surface area contributed by atoms with E-state index in [2.05, 4.69) is 4.98 Å². The number of sulfonamides is 1. The average molecular weight is 262 g/mol. The van der Waals surface area contributed by atoms with Gasteiger partial charge in [-0.3, -0.25) is 4.98 Å². The summed E-state index contributed by atoms with van der Waals surface area (Å²) >= 11 is 0. The van der Waals surface area contributed by atoms with Crippen molar-refractivity contribution in [2.45, 2.75) is 18.2 Å². The summed E-state index contributed by atoms with van der Waals surface area (Å²) in [6, 6.07) is 5.35. The zero-order chi connectivity index (χ0) is 12.8. The maximum absolute atomic E-state index is 12.5. The monoisotopic (exact) mass is 262 g/mol. The molecule has 1 aliphatic heterocycles. The van der Waals surface area contributed by atoms with Crippen molar-refractivity contribution in [3.05, 3.63) is 36.2 Å². The number of nitrogens with zero attached hydrogens (tertiary/aromatic N) is 2. The molecule has 1 aromatic heterocycles. The van der Waals surface area contributed by atoms with Crippen LogP contribution in [-0.2, 0) is 10.0 Å². The van der Waals surface area contributed by atoms with Crippen LogP contribution in [-0.4, -0.2) is 30.8 Å². The Kier molecular flexibility index (Phi) is 2.60. The lowest BCUT2D eigenvalue weighted by Crippen LogP contribution is -2.42. The summed E-state index contributed by atoms with van der Waals surface area (Å²) in [5, 5.41) is 1.66. The van der Waals surface area contributed by atoms with E-state index >= 15 is 0 Å². The van der Waals surface area contributed by atoms with Gasteiger partial charge < -0.3 is 0 Å². The van der Waals surface area contributed by atoms with Crippen LogP contribution in [0.4, 0.5) is 0 Å². The maximum atomic E-state index is 12.5. The first-order valence-electron chi connectivity index (χ1n) is 5.94. The summed E-state index contributed by atoms with van der Waals surface area (Å²) in [4.78, 5) is 4.51. The molecule has 0 atom stereocenters. The van der Waals surface area contributed by atoms with Gasteiger partial charge in [0.1, 0.15) is 0 Å². The lowest BCUT2D eigenvalue weighted by atomic mass is 10.1. The third-order valence-corrected chi connectivity index (χ3v) is 5.31. The SMILES string of the molecule is Cc1cncc2cccc(S(=O)(=O)N3CCC3)c12. The van der Waals surface area contributed by atoms with Crippen molar-refractivity contribution < 1.29 is 8.42 Å². The second-order valence-electron chi connectivity index (χ2n) is 4.57. The molecule has 0 N–H and O–H groups in total. The molecule has 3 rings (SSSR count). The van der Waals surface area contributed by atoms with Crippen molar-refractivity contribution in [2.24, 2.45) is 0 Å². The van der Waals surface area contributed by atoms with Crippen LogP contribution < -0.4 is 0 Å². The predicted molar refractivity (Wildman–Crippen MR) is 69.9 cm³/mol. The zero-order valence-corrected chi connectivity index (χ0v) is 10.9. The van der Waals surface area contributed by atoms with Crippen LogP contribution in [0.15, 0.2) is 35.5 Å². The van der Waals surface area contributed by atoms with Gasteiger partial charge in [0, 0.05) is 36.3 Å². The smallest absolute Gasteiger partial charge is 0.243 e. The van der Waals surface area contributed by atoms with Crippen LogP contribution >= 0.6 is 0 Å². The Morgan fingerprint density at radius 3 is 2.67 bits per heavy atom. The van der Waals surface area contributed by atoms with E-state index in [1.807, 2.05) is 13.0 Å². The minimum absolute atomic E-state index is 0.402. The molecule has 0 amide bonds. The molecule has 0 radical (unpaired) electrons. The molecule has 0 spiro atoms. The fourth-order valence-electron chi connectivity index (χ4n) is 2.25. The number of rotatable bonds is 2. The fourth-order valence-corrected chi connectivity index (χ4v) is 4.06. The number of aryl methyl sites for hydroxylation is 1. The zero-order valence-electron chi connectivity index (χ0n) is 10.1. The quantitative estimate of drug-likeness (QED) is 0.831. The van der Waals surface area contributed by atoms with Crippen molar-refractivity contribution >= 4 is 20.8 Å². The second kappa shape index (κ2) is 4.03. The Hall–Kier alpha value is -1.46. The summed E-state index contributed by atoms with van der Waals surface area (Å²) in [5.74, 6) is 0. The fraction of sp³-hybridized carbons (Fsp3) is 0.308. The Morgan fingerprint density at radius 1 is 1.22 bits per heavy atom. The first kappa shape index (κ1) is 11.6. The third-order valence-electron chi connectivity index (χ3n) is 3.37. The molecule has 0 aliphatic carbocycles. The molecular formula is C13H14N2O2S. The summed E-state index contributed by atoms with van der Waals surface area (Å²) in [6.45, 7) is 3.15. The number of hydrogen-bond donors (Lipinski definition) is 0. The van der Waals surface area contributed by atoms with Crippen molar-refractivity contribution in [2.75, 3.05) is 13.1 Å². The maximum Gasteiger partial charge on any atom is 0.243 e. The highest BCUT2D eigenvalue weighted by molar-refractivity contribution is 7.89. The number of aromatic nitrogens is 1. The Balaban J connectivity index is 2.29. The van der Waals surface area contributed by atoms with Gasteiger partial charge in [-0.2, -0.15) is 4.31 Å². The largest absolute Gasteiger partial charge is 0.264 e. The van der Waals surface area contributed by atoms with Crippen molar-refractivity contribution in [3.8, 4) is 0 Å². The van der Waals surface area contributed by atoms with Crippen LogP contribution in [0, 0.1) is 6.92 Å². The Labute approximate surface area is 106 Å². The van der Waals surface area contributed by atoms with Gasteiger partial charge in [0.15, 0.2) is 0 Å². The van der Waals surface area contributed by atoms with Crippen LogP contribution in [0.3, 0.4) is 0 Å². The minimum atomic E-state index is -3.35. The second-order valence-corrected chi connectivity index (χ2v) is 6.47. The summed E-state index contributed by atoms with van der Waals surface area (Å²) < 4.78 is 26.5. The molecule has 2 heterocycles. The normalized spacial score (nSPS) is 16.7. The highest BCUT2D eigenvalue weighted by Gasteiger charge is 2.30. The number of fused-ring (bicyclic) bond motifs is 1. The highest BCUT2D eigenvalue weighted by atomic mass is 32.2. The van der Waals surface area contributed by atoms with Crippen molar-refractivity contribution in [1.29, 1.82) is 0 Å². The van der Waals surface area contributed by atoms with Gasteiger partial charge in [-0.1, -0.05) is 12.1 Å². The van der Waals surface area contributed by atoms with Crippen LogP contribution in [0.2, 0.25) is 0 Å². The topological polar surface area (TPSA) is 50.3 Å². The van der Waals surface area contributed by atoms with E-state index in [0.717, 1.165) is 22.8 Å². The minimum Gasteiger partial charge on any atom is -0.264 e. The molecule has 0 saturated carbocycles. The van der Waals surface area contributed by atoms with E-state index in [1.165, 1.54) is 4.31 Å². The lowest BCUT2D eigenvalue weighted by molar-refractivity contribution is 0.309. The summed E-state index contributed by atoms with van der Waals surface area (Å²) in [6.07, 6.45) is 4.36. The Morgan fingerprint density at radius 2 is 2.00 bits per heavy atom. The number of hydrogen-bond acceptors (Lipinski definition) is 3. The van der Waals surface area contributed by atoms with Gasteiger partial charge >= 0.3 is 0 Å². The van der Waals surface area contributed by atoms with Crippen molar-refractivity contribution in [3.63, 3.8) is 0 Å². The van der Waals surface area contributed by atoms with Gasteiger partial charge in [-0.05, 0) is 25.0 Å². The third kappa shape index (κ3) is 1.62. The molecule has 18 heavy (non-hydrogen) atoms. The molecule has 1 fully saturated rings. The van der Waals surface area contributed by atoms with Gasteiger partial charge in [0.2, 0.25) is 10.0 Å². The molecule has 1 aliphatic rings. The lowest BCUT2D eigenvalue weighted by Gasteiger charge is -2.30. The summed E-state index contributed by atoms with van der Waals surface area (Å²) in [7, 11) is -3.35. The van der Waals surface area contributed by atoms with Crippen LogP contribution in [0.25, 0.3) is 10.8 Å². The van der Waals surface area contributed by atoms with Crippen molar-refractivity contribution in [1.82, 2.24) is 9.29 Å². The molecule has 2 aromatic rings. The first-order valence-corrected chi connectivity index (χ1v) is 7.38. The predicted octanol–water partition coefficient (Wildman–Crippen LogP) is 1.94. The molecule has 94 valence electrons. The molecule has 5 heteroatoms. The van der Waals surface area contributed by atoms with E-state index in [9.17, 15) is 8.42 Å². The Bertz CT molecular complexity index is 701. The van der Waals surface area contributed by atoms with E-state index in [4.69, 9.17) is 0 Å². The van der Waals surface area contributed by atoms with Gasteiger partial charge in [0.25, 0.3) is 0 Å². The molecular weight excluding hydrogens is 248 g/mol. The number of pyridine rings is 1. The molecule has 4 nitrogen and oxygen atoms in total. The van der Waals surface area contributed by atoms with Gasteiger partial charge in [0.05, 0.1) is 4.90 Å². The van der Waals surface area contributed by atoms with Crippen LogP contribution in [0.1, 0.15) is 12.0 Å². The van der Waals surface area contributed by atoms with Gasteiger partial charge in [-0.25, -0.2) is 8.42 Å². The molecule has 1 saturated heterocycles. The van der Waals surface area contributed by atoms with E-state index in [-0.39, 0.29) is 0 Å². The van der Waals surface area contributed by atoms with E-state index in [1.54, 1.807) is 24.5 Å². The molecule has 0 unspecified atom stereocenters.